The number of alkyl halides is 3. The first-order valence-electron chi connectivity index (χ1n) is 9.67. The number of hydrogen-bond donors (Lipinski definition) is 0. The molecule has 0 aromatic heterocycles. The molecule has 3 unspecified atom stereocenters. The number of rotatable bonds is 3. The van der Waals surface area contributed by atoms with Crippen molar-refractivity contribution in [3.63, 3.8) is 0 Å². The second-order valence-corrected chi connectivity index (χ2v) is 10.4. The number of halogens is 4. The Morgan fingerprint density at radius 3 is 2.50 bits per heavy atom. The van der Waals surface area contributed by atoms with E-state index in [2.05, 4.69) is 4.90 Å². The maximum Gasteiger partial charge on any atom is 0.416 e. The van der Waals surface area contributed by atoms with Crippen molar-refractivity contribution >= 4 is 27.3 Å². The number of hydrogen-bond acceptors (Lipinski definition) is 3. The summed E-state index contributed by atoms with van der Waals surface area (Å²) < 4.78 is 67.9. The fraction of sp³-hybridized carbons (Fsp3) is 0.429. The molecule has 4 rings (SSSR count). The van der Waals surface area contributed by atoms with Gasteiger partial charge in [-0.25, -0.2) is 8.42 Å². The molecule has 2 aromatic rings. The summed E-state index contributed by atoms with van der Waals surface area (Å²) in [4.78, 5) is 1.78. The van der Waals surface area contributed by atoms with Gasteiger partial charge in [-0.15, -0.1) is 0 Å². The second-order valence-electron chi connectivity index (χ2n) is 8.13. The third-order valence-corrected chi connectivity index (χ3v) is 8.23. The standard InChI is InChI=1S/C21H22ClF3N2O2S/c1-26(2)15-7-9-20-18(12-15)17-11-14(22)6-8-19(17)27(20)30(28,29)16-5-3-4-13(10-16)21(23,24)25/h3-6,8,10-11,15,18,20H,7,9,12H2,1-2H3. The van der Waals surface area contributed by atoms with Crippen LogP contribution in [0.3, 0.4) is 0 Å². The highest BCUT2D eigenvalue weighted by molar-refractivity contribution is 7.92. The molecule has 1 heterocycles. The van der Waals surface area contributed by atoms with Crippen LogP contribution in [-0.2, 0) is 16.2 Å². The number of anilines is 1. The summed E-state index contributed by atoms with van der Waals surface area (Å²) in [5, 5.41) is 0.512. The summed E-state index contributed by atoms with van der Waals surface area (Å²) in [6, 6.07) is 8.97. The quantitative estimate of drug-likeness (QED) is 0.640. The summed E-state index contributed by atoms with van der Waals surface area (Å²) in [7, 11) is -0.187. The maximum absolute atomic E-state index is 13.5. The summed E-state index contributed by atoms with van der Waals surface area (Å²) in [6.45, 7) is 0. The van der Waals surface area contributed by atoms with E-state index in [1.807, 2.05) is 14.1 Å². The molecule has 1 aliphatic heterocycles. The summed E-state index contributed by atoms with van der Waals surface area (Å²) >= 11 is 6.20. The normalized spacial score (nSPS) is 24.1. The van der Waals surface area contributed by atoms with Gasteiger partial charge in [0.1, 0.15) is 0 Å². The Morgan fingerprint density at radius 2 is 1.83 bits per heavy atom. The Labute approximate surface area is 179 Å². The van der Waals surface area contributed by atoms with Gasteiger partial charge in [-0.2, -0.15) is 13.2 Å². The van der Waals surface area contributed by atoms with Crippen LogP contribution >= 0.6 is 11.6 Å². The number of nitrogens with zero attached hydrogens (tertiary/aromatic N) is 2. The van der Waals surface area contributed by atoms with Gasteiger partial charge in [-0.3, -0.25) is 4.31 Å². The van der Waals surface area contributed by atoms with Crippen LogP contribution in [0.15, 0.2) is 47.4 Å². The van der Waals surface area contributed by atoms with Gasteiger partial charge in [0.05, 0.1) is 22.2 Å². The molecule has 0 amide bonds. The lowest BCUT2D eigenvalue weighted by Crippen LogP contribution is -2.45. The first-order chi connectivity index (χ1) is 14.0. The van der Waals surface area contributed by atoms with Crippen LogP contribution in [0.1, 0.15) is 36.3 Å². The molecule has 1 saturated carbocycles. The van der Waals surface area contributed by atoms with Crippen molar-refractivity contribution in [2.45, 2.75) is 48.3 Å². The molecule has 1 aliphatic carbocycles. The summed E-state index contributed by atoms with van der Waals surface area (Å²) in [5.41, 5.74) is 0.368. The van der Waals surface area contributed by atoms with Crippen LogP contribution in [0.5, 0.6) is 0 Å². The van der Waals surface area contributed by atoms with Crippen molar-refractivity contribution in [3.05, 3.63) is 58.6 Å². The topological polar surface area (TPSA) is 40.6 Å². The van der Waals surface area contributed by atoms with Crippen molar-refractivity contribution < 1.29 is 21.6 Å². The van der Waals surface area contributed by atoms with Crippen LogP contribution in [0.2, 0.25) is 5.02 Å². The first-order valence-corrected chi connectivity index (χ1v) is 11.5. The van der Waals surface area contributed by atoms with Crippen molar-refractivity contribution in [2.75, 3.05) is 18.4 Å². The van der Waals surface area contributed by atoms with Gasteiger partial charge < -0.3 is 4.90 Å². The highest BCUT2D eigenvalue weighted by atomic mass is 35.5. The molecule has 30 heavy (non-hydrogen) atoms. The van der Waals surface area contributed by atoms with Crippen LogP contribution in [0, 0.1) is 0 Å². The third-order valence-electron chi connectivity index (χ3n) is 6.16. The van der Waals surface area contributed by atoms with E-state index in [9.17, 15) is 21.6 Å². The Morgan fingerprint density at radius 1 is 1.10 bits per heavy atom. The zero-order valence-corrected chi connectivity index (χ0v) is 18.1. The number of benzene rings is 2. The van der Waals surface area contributed by atoms with E-state index in [-0.39, 0.29) is 16.9 Å². The molecule has 0 saturated heterocycles. The second kappa shape index (κ2) is 7.43. The minimum Gasteiger partial charge on any atom is -0.306 e. The van der Waals surface area contributed by atoms with Crippen LogP contribution < -0.4 is 4.31 Å². The lowest BCUT2D eigenvalue weighted by atomic mass is 9.79. The average molecular weight is 459 g/mol. The van der Waals surface area contributed by atoms with Crippen molar-refractivity contribution in [1.29, 1.82) is 0 Å². The molecule has 162 valence electrons. The molecule has 0 N–H and O–H groups in total. The molecule has 3 atom stereocenters. The van der Waals surface area contributed by atoms with Crippen molar-refractivity contribution in [1.82, 2.24) is 4.90 Å². The van der Waals surface area contributed by atoms with Gasteiger partial charge in [0.2, 0.25) is 0 Å². The summed E-state index contributed by atoms with van der Waals surface area (Å²) in [6.07, 6.45) is -2.42. The minimum absolute atomic E-state index is 0.0552. The SMILES string of the molecule is CN(C)C1CCC2C(C1)c1cc(Cl)ccc1N2S(=O)(=O)c1cccc(C(F)(F)F)c1. The van der Waals surface area contributed by atoms with Gasteiger partial charge in [-0.1, -0.05) is 17.7 Å². The van der Waals surface area contributed by atoms with Crippen molar-refractivity contribution in [2.24, 2.45) is 0 Å². The lowest BCUT2D eigenvalue weighted by Gasteiger charge is -2.38. The molecular formula is C21H22ClF3N2O2S. The summed E-state index contributed by atoms with van der Waals surface area (Å²) in [5.74, 6) is -0.0552. The molecule has 0 spiro atoms. The molecule has 1 fully saturated rings. The van der Waals surface area contributed by atoms with Crippen LogP contribution in [-0.4, -0.2) is 39.5 Å². The van der Waals surface area contributed by atoms with E-state index >= 15 is 0 Å². The van der Waals surface area contributed by atoms with Gasteiger partial charge >= 0.3 is 6.18 Å². The fourth-order valence-corrected chi connectivity index (χ4v) is 6.64. The highest BCUT2D eigenvalue weighted by Crippen LogP contribution is 2.51. The Hall–Kier alpha value is -1.77. The number of fused-ring (bicyclic) bond motifs is 3. The zero-order chi connectivity index (χ0) is 21.8. The smallest absolute Gasteiger partial charge is 0.306 e. The molecule has 2 aliphatic rings. The van der Waals surface area contributed by atoms with Gasteiger partial charge in [-0.05, 0) is 75.3 Å². The fourth-order valence-electron chi connectivity index (χ4n) is 4.67. The van der Waals surface area contributed by atoms with E-state index < -0.39 is 21.8 Å². The van der Waals surface area contributed by atoms with Gasteiger partial charge in [0, 0.05) is 17.0 Å². The van der Waals surface area contributed by atoms with E-state index in [1.54, 1.807) is 18.2 Å². The average Bonchev–Trinajstić information content (AvgIpc) is 3.01. The first kappa shape index (κ1) is 21.5. The predicted molar refractivity (Wildman–Crippen MR) is 110 cm³/mol. The van der Waals surface area contributed by atoms with Crippen LogP contribution in [0.4, 0.5) is 18.9 Å². The molecule has 0 bridgehead atoms. The highest BCUT2D eigenvalue weighted by Gasteiger charge is 2.48. The third kappa shape index (κ3) is 3.59. The Kier molecular flexibility index (Phi) is 5.31. The predicted octanol–water partition coefficient (Wildman–Crippen LogP) is 5.13. The van der Waals surface area contributed by atoms with Crippen molar-refractivity contribution in [3.8, 4) is 0 Å². The zero-order valence-electron chi connectivity index (χ0n) is 16.5. The molecule has 4 nitrogen and oxygen atoms in total. The van der Waals surface area contributed by atoms with E-state index in [1.165, 1.54) is 10.4 Å². The van der Waals surface area contributed by atoms with E-state index in [0.29, 0.717) is 29.2 Å². The monoisotopic (exact) mass is 458 g/mol. The van der Waals surface area contributed by atoms with E-state index in [4.69, 9.17) is 11.6 Å². The molecule has 2 aromatic carbocycles. The Balaban J connectivity index is 1.81. The van der Waals surface area contributed by atoms with Gasteiger partial charge in [0.15, 0.2) is 0 Å². The number of sulfonamides is 1. The van der Waals surface area contributed by atoms with Gasteiger partial charge in [0.25, 0.3) is 10.0 Å². The molecular weight excluding hydrogens is 437 g/mol. The largest absolute Gasteiger partial charge is 0.416 e. The molecule has 9 heteroatoms. The molecule has 0 radical (unpaired) electrons. The minimum atomic E-state index is -4.62. The Bertz CT molecular complexity index is 1070. The van der Waals surface area contributed by atoms with Crippen LogP contribution in [0.25, 0.3) is 0 Å². The lowest BCUT2D eigenvalue weighted by molar-refractivity contribution is -0.137. The maximum atomic E-state index is 13.5. The van der Waals surface area contributed by atoms with E-state index in [0.717, 1.165) is 30.5 Å².